The minimum Gasteiger partial charge on any atom is -0.384 e. The molecule has 0 atom stereocenters. The third-order valence-electron chi connectivity index (χ3n) is 1.86. The van der Waals surface area contributed by atoms with E-state index in [0.717, 1.165) is 6.42 Å². The number of hydrogen-bond donors (Lipinski definition) is 2. The zero-order chi connectivity index (χ0) is 11.3. The average molecular weight is 230 g/mol. The summed E-state index contributed by atoms with van der Waals surface area (Å²) in [7, 11) is 0. The highest BCUT2D eigenvalue weighted by Gasteiger charge is 2.08. The largest absolute Gasteiger partial charge is 0.384 e. The lowest BCUT2D eigenvalue weighted by molar-refractivity contribution is -0.384. The van der Waals surface area contributed by atoms with Gasteiger partial charge in [0.25, 0.3) is 5.69 Å². The highest BCUT2D eigenvalue weighted by molar-refractivity contribution is 6.33. The van der Waals surface area contributed by atoms with Crippen molar-refractivity contribution in [3.05, 3.63) is 33.3 Å². The molecule has 3 N–H and O–H groups in total. The van der Waals surface area contributed by atoms with E-state index in [0.29, 0.717) is 23.8 Å². The van der Waals surface area contributed by atoms with Crippen molar-refractivity contribution in [2.45, 2.75) is 6.42 Å². The fourth-order valence-corrected chi connectivity index (χ4v) is 1.27. The van der Waals surface area contributed by atoms with Crippen LogP contribution in [-0.4, -0.2) is 18.0 Å². The van der Waals surface area contributed by atoms with Crippen LogP contribution in [0.1, 0.15) is 6.42 Å². The van der Waals surface area contributed by atoms with Crippen LogP contribution in [-0.2, 0) is 0 Å². The molecule has 0 radical (unpaired) electrons. The Kier molecular flexibility index (Phi) is 4.33. The van der Waals surface area contributed by atoms with Crippen LogP contribution in [0, 0.1) is 10.1 Å². The molecule has 0 aliphatic heterocycles. The van der Waals surface area contributed by atoms with Crippen molar-refractivity contribution < 1.29 is 4.92 Å². The van der Waals surface area contributed by atoms with Crippen LogP contribution in [0.15, 0.2) is 18.2 Å². The number of hydrogen-bond acceptors (Lipinski definition) is 4. The van der Waals surface area contributed by atoms with Crippen molar-refractivity contribution in [3.8, 4) is 0 Å². The molecule has 0 aliphatic carbocycles. The van der Waals surface area contributed by atoms with Gasteiger partial charge < -0.3 is 11.1 Å². The van der Waals surface area contributed by atoms with Gasteiger partial charge in [-0.05, 0) is 19.0 Å². The topological polar surface area (TPSA) is 81.2 Å². The van der Waals surface area contributed by atoms with Crippen molar-refractivity contribution in [2.24, 2.45) is 5.73 Å². The second-order valence-corrected chi connectivity index (χ2v) is 3.40. The first-order valence-corrected chi connectivity index (χ1v) is 4.91. The lowest BCUT2D eigenvalue weighted by Crippen LogP contribution is -2.08. The van der Waals surface area contributed by atoms with E-state index in [4.69, 9.17) is 17.3 Å². The molecule has 1 aromatic rings. The molecule has 0 aliphatic rings. The van der Waals surface area contributed by atoms with Crippen LogP contribution in [0.2, 0.25) is 5.02 Å². The van der Waals surface area contributed by atoms with Gasteiger partial charge in [-0.15, -0.1) is 0 Å². The third-order valence-corrected chi connectivity index (χ3v) is 2.19. The minimum absolute atomic E-state index is 0.0228. The third kappa shape index (κ3) is 3.38. The normalized spacial score (nSPS) is 10.0. The van der Waals surface area contributed by atoms with Gasteiger partial charge in [-0.3, -0.25) is 10.1 Å². The lowest BCUT2D eigenvalue weighted by Gasteiger charge is -2.06. The van der Waals surface area contributed by atoms with Gasteiger partial charge >= 0.3 is 0 Å². The predicted octanol–water partition coefficient (Wildman–Crippen LogP) is 2.01. The smallest absolute Gasteiger partial charge is 0.271 e. The van der Waals surface area contributed by atoms with E-state index >= 15 is 0 Å². The second-order valence-electron chi connectivity index (χ2n) is 2.99. The number of nitrogens with one attached hydrogen (secondary N) is 1. The summed E-state index contributed by atoms with van der Waals surface area (Å²) in [6, 6.07) is 4.29. The summed E-state index contributed by atoms with van der Waals surface area (Å²) in [5.74, 6) is 0. The maximum absolute atomic E-state index is 10.5. The number of rotatable bonds is 5. The van der Waals surface area contributed by atoms with Gasteiger partial charge in [0.1, 0.15) is 0 Å². The zero-order valence-electron chi connectivity index (χ0n) is 8.07. The van der Waals surface area contributed by atoms with Crippen LogP contribution in [0.5, 0.6) is 0 Å². The Morgan fingerprint density at radius 1 is 1.53 bits per heavy atom. The molecule has 0 aromatic heterocycles. The first-order chi connectivity index (χ1) is 7.15. The summed E-state index contributed by atoms with van der Waals surface area (Å²) < 4.78 is 0. The van der Waals surface area contributed by atoms with Crippen molar-refractivity contribution in [1.82, 2.24) is 0 Å². The van der Waals surface area contributed by atoms with Crippen LogP contribution < -0.4 is 11.1 Å². The highest BCUT2D eigenvalue weighted by atomic mass is 35.5. The zero-order valence-corrected chi connectivity index (χ0v) is 8.83. The van der Waals surface area contributed by atoms with Crippen molar-refractivity contribution in [1.29, 1.82) is 0 Å². The first kappa shape index (κ1) is 11.7. The average Bonchev–Trinajstić information content (AvgIpc) is 2.20. The molecule has 5 nitrogen and oxygen atoms in total. The molecule has 82 valence electrons. The van der Waals surface area contributed by atoms with Gasteiger partial charge in [0.2, 0.25) is 0 Å². The van der Waals surface area contributed by atoms with Gasteiger partial charge in [0, 0.05) is 18.7 Å². The molecule has 0 saturated carbocycles. The molecule has 0 heterocycles. The van der Waals surface area contributed by atoms with Crippen LogP contribution in [0.4, 0.5) is 11.4 Å². The Morgan fingerprint density at radius 3 is 2.87 bits per heavy atom. The highest BCUT2D eigenvalue weighted by Crippen LogP contribution is 2.26. The van der Waals surface area contributed by atoms with E-state index in [-0.39, 0.29) is 5.69 Å². The maximum Gasteiger partial charge on any atom is 0.271 e. The van der Waals surface area contributed by atoms with Gasteiger partial charge in [0.15, 0.2) is 0 Å². The number of non-ortho nitro benzene ring substituents is 1. The number of nitro benzene ring substituents is 1. The fourth-order valence-electron chi connectivity index (χ4n) is 1.09. The molecular formula is C9H12ClN3O2. The quantitative estimate of drug-likeness (QED) is 0.460. The van der Waals surface area contributed by atoms with Crippen LogP contribution >= 0.6 is 11.6 Å². The Morgan fingerprint density at radius 2 is 2.27 bits per heavy atom. The molecular weight excluding hydrogens is 218 g/mol. The van der Waals surface area contributed by atoms with E-state index in [1.54, 1.807) is 0 Å². The lowest BCUT2D eigenvalue weighted by atomic mass is 10.2. The van der Waals surface area contributed by atoms with Crippen molar-refractivity contribution in [2.75, 3.05) is 18.4 Å². The number of nitrogens with zero attached hydrogens (tertiary/aromatic N) is 1. The number of halogens is 1. The summed E-state index contributed by atoms with van der Waals surface area (Å²) in [5.41, 5.74) is 5.92. The SMILES string of the molecule is NCCCNc1cc([N+](=O)[O-])ccc1Cl. The molecule has 0 saturated heterocycles. The Labute approximate surface area is 92.4 Å². The minimum atomic E-state index is -0.454. The summed E-state index contributed by atoms with van der Waals surface area (Å²) in [5, 5.41) is 14.0. The summed E-state index contributed by atoms with van der Waals surface area (Å²) in [6.45, 7) is 1.22. The van der Waals surface area contributed by atoms with E-state index in [2.05, 4.69) is 5.32 Å². The number of nitrogens with two attached hydrogens (primary N) is 1. The Balaban J connectivity index is 2.76. The Hall–Kier alpha value is -1.33. The van der Waals surface area contributed by atoms with Gasteiger partial charge in [-0.1, -0.05) is 11.6 Å². The van der Waals surface area contributed by atoms with E-state index in [1.807, 2.05) is 0 Å². The van der Waals surface area contributed by atoms with Crippen molar-refractivity contribution in [3.63, 3.8) is 0 Å². The molecule has 1 aromatic carbocycles. The second kappa shape index (κ2) is 5.53. The molecule has 6 heteroatoms. The number of nitro groups is 1. The molecule has 15 heavy (non-hydrogen) atoms. The van der Waals surface area contributed by atoms with Gasteiger partial charge in [-0.25, -0.2) is 0 Å². The van der Waals surface area contributed by atoms with E-state index in [9.17, 15) is 10.1 Å². The van der Waals surface area contributed by atoms with Crippen molar-refractivity contribution >= 4 is 23.0 Å². The summed E-state index contributed by atoms with van der Waals surface area (Å²) >= 11 is 5.86. The fraction of sp³-hybridized carbons (Fsp3) is 0.333. The molecule has 1 rings (SSSR count). The molecule has 0 bridgehead atoms. The monoisotopic (exact) mass is 229 g/mol. The first-order valence-electron chi connectivity index (χ1n) is 4.53. The molecule has 0 amide bonds. The van der Waals surface area contributed by atoms with E-state index < -0.39 is 4.92 Å². The van der Waals surface area contributed by atoms with Gasteiger partial charge in [0.05, 0.1) is 15.6 Å². The number of benzene rings is 1. The predicted molar refractivity (Wildman–Crippen MR) is 60.3 cm³/mol. The summed E-state index contributed by atoms with van der Waals surface area (Å²) in [4.78, 5) is 10.1. The molecule has 0 fully saturated rings. The summed E-state index contributed by atoms with van der Waals surface area (Å²) in [6.07, 6.45) is 0.791. The number of anilines is 1. The Bertz CT molecular complexity index is 357. The standard InChI is InChI=1S/C9H12ClN3O2/c10-8-3-2-7(13(14)15)6-9(8)12-5-1-4-11/h2-3,6,12H,1,4-5,11H2. The van der Waals surface area contributed by atoms with Gasteiger partial charge in [-0.2, -0.15) is 0 Å². The van der Waals surface area contributed by atoms with Crippen LogP contribution in [0.3, 0.4) is 0 Å². The van der Waals surface area contributed by atoms with Crippen LogP contribution in [0.25, 0.3) is 0 Å². The van der Waals surface area contributed by atoms with E-state index in [1.165, 1.54) is 18.2 Å². The molecule has 0 unspecified atom stereocenters. The molecule has 0 spiro atoms. The maximum atomic E-state index is 10.5.